The lowest BCUT2D eigenvalue weighted by Gasteiger charge is -2.14. The molecule has 1 rings (SSSR count). The fraction of sp³-hybridized carbons (Fsp3) is 0.417. The van der Waals surface area contributed by atoms with Crippen molar-refractivity contribution in [3.05, 3.63) is 34.3 Å². The first kappa shape index (κ1) is 14.0. The Labute approximate surface area is 110 Å². The van der Waals surface area contributed by atoms with E-state index in [1.54, 1.807) is 0 Å². The zero-order valence-electron chi connectivity index (χ0n) is 9.86. The summed E-state index contributed by atoms with van der Waals surface area (Å²) in [6.45, 7) is 2.96. The molecular weight excluding hydrogens is 282 g/mol. The van der Waals surface area contributed by atoms with Gasteiger partial charge in [-0.05, 0) is 37.6 Å². The van der Waals surface area contributed by atoms with E-state index in [9.17, 15) is 0 Å². The molecule has 1 atom stereocenters. The topological polar surface area (TPSA) is 70.6 Å². The van der Waals surface area contributed by atoms with E-state index in [1.165, 1.54) is 5.56 Å². The van der Waals surface area contributed by atoms with Crippen molar-refractivity contribution in [2.75, 3.05) is 6.54 Å². The molecule has 4 nitrogen and oxygen atoms in total. The van der Waals surface area contributed by atoms with Crippen LogP contribution in [0.15, 0.2) is 33.9 Å². The van der Waals surface area contributed by atoms with Crippen LogP contribution in [-0.4, -0.2) is 17.6 Å². The second-order valence-corrected chi connectivity index (χ2v) is 4.84. The van der Waals surface area contributed by atoms with Gasteiger partial charge in [0.05, 0.1) is 0 Å². The number of benzene rings is 1. The molecule has 0 aliphatic rings. The van der Waals surface area contributed by atoms with Gasteiger partial charge in [-0.15, -0.1) is 0 Å². The van der Waals surface area contributed by atoms with Gasteiger partial charge in [0.2, 0.25) is 0 Å². The maximum Gasteiger partial charge on any atom is 0.139 e. The van der Waals surface area contributed by atoms with Gasteiger partial charge in [0, 0.05) is 16.9 Å². The molecule has 4 N–H and O–H groups in total. The fourth-order valence-corrected chi connectivity index (χ4v) is 1.77. The lowest BCUT2D eigenvalue weighted by molar-refractivity contribution is 0.316. The second kappa shape index (κ2) is 7.29. The normalized spacial score (nSPS) is 13.6. The number of oxime groups is 1. The molecule has 94 valence electrons. The SMILES string of the molecule is C[C@@H](NCCC/C(N)=N/O)c1ccc(Br)cc1. The van der Waals surface area contributed by atoms with Gasteiger partial charge < -0.3 is 16.3 Å². The zero-order valence-corrected chi connectivity index (χ0v) is 11.4. The molecule has 0 aromatic heterocycles. The quantitative estimate of drug-likeness (QED) is 0.249. The first-order chi connectivity index (χ1) is 8.13. The summed E-state index contributed by atoms with van der Waals surface area (Å²) in [6.07, 6.45) is 1.47. The highest BCUT2D eigenvalue weighted by Crippen LogP contribution is 2.16. The molecule has 0 bridgehead atoms. The van der Waals surface area contributed by atoms with Crippen molar-refractivity contribution in [3.63, 3.8) is 0 Å². The van der Waals surface area contributed by atoms with Crippen LogP contribution in [0.3, 0.4) is 0 Å². The second-order valence-electron chi connectivity index (χ2n) is 3.92. The fourth-order valence-electron chi connectivity index (χ4n) is 1.51. The van der Waals surface area contributed by atoms with E-state index < -0.39 is 0 Å². The maximum atomic E-state index is 8.39. The highest BCUT2D eigenvalue weighted by atomic mass is 79.9. The van der Waals surface area contributed by atoms with Gasteiger partial charge in [-0.25, -0.2) is 0 Å². The van der Waals surface area contributed by atoms with Gasteiger partial charge in [-0.1, -0.05) is 33.2 Å². The monoisotopic (exact) mass is 299 g/mol. The summed E-state index contributed by atoms with van der Waals surface area (Å²) in [5, 5.41) is 14.7. The summed E-state index contributed by atoms with van der Waals surface area (Å²) in [7, 11) is 0. The van der Waals surface area contributed by atoms with E-state index in [2.05, 4.69) is 45.5 Å². The molecule has 0 heterocycles. The predicted octanol–water partition coefficient (Wildman–Crippen LogP) is 2.63. The van der Waals surface area contributed by atoms with E-state index >= 15 is 0 Å². The highest BCUT2D eigenvalue weighted by molar-refractivity contribution is 9.10. The van der Waals surface area contributed by atoms with Crippen LogP contribution in [0.2, 0.25) is 0 Å². The Bertz CT molecular complexity index is 365. The highest BCUT2D eigenvalue weighted by Gasteiger charge is 2.03. The largest absolute Gasteiger partial charge is 0.409 e. The molecule has 1 aromatic carbocycles. The molecule has 0 saturated heterocycles. The predicted molar refractivity (Wildman–Crippen MR) is 73.2 cm³/mol. The first-order valence-electron chi connectivity index (χ1n) is 5.58. The van der Waals surface area contributed by atoms with Crippen molar-refractivity contribution >= 4 is 21.8 Å². The number of amidine groups is 1. The minimum atomic E-state index is 0.281. The van der Waals surface area contributed by atoms with Crippen LogP contribution in [0.4, 0.5) is 0 Å². The number of hydrogen-bond acceptors (Lipinski definition) is 3. The number of nitrogens with one attached hydrogen (secondary N) is 1. The van der Waals surface area contributed by atoms with Crippen LogP contribution in [0.5, 0.6) is 0 Å². The van der Waals surface area contributed by atoms with Crippen molar-refractivity contribution in [2.24, 2.45) is 10.9 Å². The third-order valence-electron chi connectivity index (χ3n) is 2.56. The van der Waals surface area contributed by atoms with Crippen LogP contribution < -0.4 is 11.1 Å². The van der Waals surface area contributed by atoms with Gasteiger partial charge in [-0.3, -0.25) is 0 Å². The number of hydrogen-bond donors (Lipinski definition) is 3. The van der Waals surface area contributed by atoms with Gasteiger partial charge in [0.15, 0.2) is 0 Å². The number of halogens is 1. The molecular formula is C12H18BrN3O. The molecule has 0 fully saturated rings. The molecule has 0 spiro atoms. The van der Waals surface area contributed by atoms with Gasteiger partial charge >= 0.3 is 0 Å². The summed E-state index contributed by atoms with van der Waals surface area (Å²) in [5.41, 5.74) is 6.63. The third kappa shape index (κ3) is 5.19. The van der Waals surface area contributed by atoms with Crippen LogP contribution in [0.25, 0.3) is 0 Å². The average Bonchev–Trinajstić information content (AvgIpc) is 2.34. The Morgan fingerprint density at radius 3 is 2.71 bits per heavy atom. The minimum absolute atomic E-state index is 0.281. The Morgan fingerprint density at radius 2 is 2.12 bits per heavy atom. The maximum absolute atomic E-state index is 8.39. The minimum Gasteiger partial charge on any atom is -0.409 e. The molecule has 0 saturated carbocycles. The standard InChI is InChI=1S/C12H18BrN3O/c1-9(10-4-6-11(13)7-5-10)15-8-2-3-12(14)16-17/h4-7,9,15,17H,2-3,8H2,1H3,(H2,14,16)/t9-/m1/s1. The van der Waals surface area contributed by atoms with Crippen LogP contribution >= 0.6 is 15.9 Å². The molecule has 5 heteroatoms. The number of nitrogens with two attached hydrogens (primary N) is 1. The zero-order chi connectivity index (χ0) is 12.7. The van der Waals surface area contributed by atoms with Gasteiger partial charge in [0.1, 0.15) is 5.84 Å². The summed E-state index contributed by atoms with van der Waals surface area (Å²) < 4.78 is 1.08. The first-order valence-corrected chi connectivity index (χ1v) is 6.38. The van der Waals surface area contributed by atoms with E-state index in [4.69, 9.17) is 10.9 Å². The molecule has 0 radical (unpaired) electrons. The van der Waals surface area contributed by atoms with E-state index in [1.807, 2.05) is 12.1 Å². The summed E-state index contributed by atoms with van der Waals surface area (Å²) in [4.78, 5) is 0. The van der Waals surface area contributed by atoms with Gasteiger partial charge in [0.25, 0.3) is 0 Å². The van der Waals surface area contributed by atoms with Crippen molar-refractivity contribution in [1.29, 1.82) is 0 Å². The Morgan fingerprint density at radius 1 is 1.47 bits per heavy atom. The van der Waals surface area contributed by atoms with Crippen LogP contribution in [0.1, 0.15) is 31.4 Å². The average molecular weight is 300 g/mol. The molecule has 0 amide bonds. The molecule has 0 aliphatic heterocycles. The third-order valence-corrected chi connectivity index (χ3v) is 3.09. The van der Waals surface area contributed by atoms with E-state index in [0.717, 1.165) is 17.4 Å². The smallest absolute Gasteiger partial charge is 0.139 e. The lowest BCUT2D eigenvalue weighted by atomic mass is 10.1. The number of rotatable bonds is 6. The molecule has 0 aliphatic carbocycles. The summed E-state index contributed by atoms with van der Waals surface area (Å²) >= 11 is 3.41. The summed E-state index contributed by atoms with van der Waals surface area (Å²) in [5.74, 6) is 0.281. The lowest BCUT2D eigenvalue weighted by Crippen LogP contribution is -2.21. The van der Waals surface area contributed by atoms with Crippen molar-refractivity contribution in [3.8, 4) is 0 Å². The molecule has 17 heavy (non-hydrogen) atoms. The Hall–Kier alpha value is -1.07. The molecule has 0 unspecified atom stereocenters. The van der Waals surface area contributed by atoms with Crippen molar-refractivity contribution in [2.45, 2.75) is 25.8 Å². The summed E-state index contributed by atoms with van der Waals surface area (Å²) in [6, 6.07) is 8.54. The van der Waals surface area contributed by atoms with E-state index in [0.29, 0.717) is 12.5 Å². The molecule has 1 aromatic rings. The van der Waals surface area contributed by atoms with Crippen LogP contribution in [-0.2, 0) is 0 Å². The van der Waals surface area contributed by atoms with Crippen LogP contribution in [0, 0.1) is 0 Å². The van der Waals surface area contributed by atoms with Gasteiger partial charge in [-0.2, -0.15) is 0 Å². The Kier molecular flexibility index (Phi) is 6.00. The van der Waals surface area contributed by atoms with E-state index in [-0.39, 0.29) is 5.84 Å². The van der Waals surface area contributed by atoms with Crippen molar-refractivity contribution in [1.82, 2.24) is 5.32 Å². The number of nitrogens with zero attached hydrogens (tertiary/aromatic N) is 1. The van der Waals surface area contributed by atoms with Crippen molar-refractivity contribution < 1.29 is 5.21 Å². The Balaban J connectivity index is 2.30.